The summed E-state index contributed by atoms with van der Waals surface area (Å²) in [6.45, 7) is 1.27. The Morgan fingerprint density at radius 1 is 1.00 bits per heavy atom. The molecule has 0 atom stereocenters. The van der Waals surface area contributed by atoms with Gasteiger partial charge in [-0.1, -0.05) is 21.1 Å². The Labute approximate surface area is 191 Å². The molecule has 0 unspecified atom stereocenters. The number of pyridine rings is 1. The Kier molecular flexibility index (Phi) is 6.09. The van der Waals surface area contributed by atoms with Crippen molar-refractivity contribution >= 4 is 33.3 Å². The fraction of sp³-hybridized carbons (Fsp3) is 0.0870. The van der Waals surface area contributed by atoms with Gasteiger partial charge in [-0.15, -0.1) is 0 Å². The summed E-state index contributed by atoms with van der Waals surface area (Å²) in [5.41, 5.74) is 2.03. The zero-order valence-corrected chi connectivity index (χ0v) is 18.5. The van der Waals surface area contributed by atoms with Gasteiger partial charge < -0.3 is 14.4 Å². The molecule has 2 aromatic heterocycles. The largest absolute Gasteiger partial charge is 0.334 e. The molecule has 9 heteroatoms. The molecule has 0 aliphatic heterocycles. The zero-order valence-electron chi connectivity index (χ0n) is 16.9. The maximum absolute atomic E-state index is 12.4. The number of nitrogens with one attached hydrogen (secondary N) is 1. The van der Waals surface area contributed by atoms with Crippen molar-refractivity contribution in [1.82, 2.24) is 14.7 Å². The first kappa shape index (κ1) is 21.4. The molecule has 8 nitrogen and oxygen atoms in total. The molecule has 1 N–H and O–H groups in total. The lowest BCUT2D eigenvalue weighted by Crippen LogP contribution is -2.26. The average molecular weight is 493 g/mol. The highest BCUT2D eigenvalue weighted by Crippen LogP contribution is 2.23. The number of ketones is 1. The van der Waals surface area contributed by atoms with Crippen LogP contribution in [0.4, 0.5) is 5.69 Å². The fourth-order valence-corrected chi connectivity index (χ4v) is 3.25. The number of aromatic nitrogens is 3. The van der Waals surface area contributed by atoms with Gasteiger partial charge in [0, 0.05) is 33.6 Å². The number of anilines is 1. The Morgan fingerprint density at radius 2 is 1.69 bits per heavy atom. The van der Waals surface area contributed by atoms with Crippen molar-refractivity contribution in [2.45, 2.75) is 13.5 Å². The monoisotopic (exact) mass is 492 g/mol. The SMILES string of the molecule is CC(=O)c1ccc(NC(=O)Cn2cc(-c3nc(-c4ccc(Br)cc4)no3)ccc2=O)cc1. The van der Waals surface area contributed by atoms with E-state index in [-0.39, 0.29) is 29.7 Å². The Hall–Kier alpha value is -3.85. The second-order valence-corrected chi connectivity index (χ2v) is 7.91. The minimum atomic E-state index is -0.388. The topological polar surface area (TPSA) is 107 Å². The van der Waals surface area contributed by atoms with Gasteiger partial charge in [-0.2, -0.15) is 4.98 Å². The van der Waals surface area contributed by atoms with E-state index in [2.05, 4.69) is 31.4 Å². The van der Waals surface area contributed by atoms with Crippen LogP contribution < -0.4 is 10.9 Å². The number of halogens is 1. The van der Waals surface area contributed by atoms with E-state index in [4.69, 9.17) is 4.52 Å². The molecule has 4 aromatic rings. The zero-order chi connectivity index (χ0) is 22.7. The minimum Gasteiger partial charge on any atom is -0.334 e. The van der Waals surface area contributed by atoms with Crippen LogP contribution in [0.25, 0.3) is 22.8 Å². The van der Waals surface area contributed by atoms with Crippen LogP contribution in [0, 0.1) is 0 Å². The second-order valence-electron chi connectivity index (χ2n) is 7.00. The van der Waals surface area contributed by atoms with Crippen molar-refractivity contribution in [3.63, 3.8) is 0 Å². The summed E-state index contributed by atoms with van der Waals surface area (Å²) in [5.74, 6) is 0.199. The van der Waals surface area contributed by atoms with E-state index >= 15 is 0 Å². The van der Waals surface area contributed by atoms with Gasteiger partial charge in [-0.05, 0) is 61.5 Å². The number of Topliss-reactive ketones (excluding diaryl/α,β-unsaturated/α-hetero) is 1. The Morgan fingerprint density at radius 3 is 2.38 bits per heavy atom. The molecule has 0 spiro atoms. The van der Waals surface area contributed by atoms with Crippen molar-refractivity contribution < 1.29 is 14.1 Å². The average Bonchev–Trinajstić information content (AvgIpc) is 3.26. The Bertz CT molecular complexity index is 1340. The molecule has 0 bridgehead atoms. The molecule has 2 heterocycles. The summed E-state index contributed by atoms with van der Waals surface area (Å²) in [6.07, 6.45) is 1.50. The van der Waals surface area contributed by atoms with Crippen LogP contribution in [0.2, 0.25) is 0 Å². The fourth-order valence-electron chi connectivity index (χ4n) is 2.98. The van der Waals surface area contributed by atoms with Crippen LogP contribution >= 0.6 is 15.9 Å². The van der Waals surface area contributed by atoms with E-state index in [9.17, 15) is 14.4 Å². The number of rotatable bonds is 6. The number of amides is 1. The summed E-state index contributed by atoms with van der Waals surface area (Å²) in [5, 5.41) is 6.70. The van der Waals surface area contributed by atoms with Crippen molar-refractivity contribution in [2.75, 3.05) is 5.32 Å². The molecule has 160 valence electrons. The normalized spacial score (nSPS) is 10.7. The highest BCUT2D eigenvalue weighted by molar-refractivity contribution is 9.10. The van der Waals surface area contributed by atoms with Gasteiger partial charge in [0.15, 0.2) is 5.78 Å². The number of carbonyl (C=O) groups is 2. The molecular formula is C23H17BrN4O4. The van der Waals surface area contributed by atoms with Crippen LogP contribution in [-0.2, 0) is 11.3 Å². The van der Waals surface area contributed by atoms with Crippen LogP contribution in [0.15, 0.2) is 80.7 Å². The standard InChI is InChI=1S/C23H17BrN4O4/c1-14(29)15-4-9-19(10-5-15)25-20(30)13-28-12-17(6-11-21(28)31)23-26-22(27-32-23)16-2-7-18(24)8-3-16/h2-12H,13H2,1H3,(H,25,30). The van der Waals surface area contributed by atoms with Gasteiger partial charge in [0.2, 0.25) is 11.7 Å². The second kappa shape index (κ2) is 9.11. The third kappa shape index (κ3) is 4.89. The van der Waals surface area contributed by atoms with Gasteiger partial charge in [0.05, 0.1) is 5.56 Å². The van der Waals surface area contributed by atoms with Crippen LogP contribution in [-0.4, -0.2) is 26.4 Å². The third-order valence-corrected chi connectivity index (χ3v) is 5.18. The molecule has 0 saturated carbocycles. The maximum Gasteiger partial charge on any atom is 0.259 e. The van der Waals surface area contributed by atoms with Gasteiger partial charge in [0.25, 0.3) is 11.4 Å². The summed E-state index contributed by atoms with van der Waals surface area (Å²) in [4.78, 5) is 40.4. The molecular weight excluding hydrogens is 476 g/mol. The van der Waals surface area contributed by atoms with Crippen molar-refractivity contribution in [1.29, 1.82) is 0 Å². The van der Waals surface area contributed by atoms with Crippen LogP contribution in [0.3, 0.4) is 0 Å². The lowest BCUT2D eigenvalue weighted by atomic mass is 10.1. The predicted octanol–water partition coefficient (Wildman–Crippen LogP) is 4.17. The third-order valence-electron chi connectivity index (χ3n) is 4.65. The summed E-state index contributed by atoms with van der Waals surface area (Å²) in [6, 6.07) is 16.9. The molecule has 4 rings (SSSR count). The molecule has 0 aliphatic carbocycles. The van der Waals surface area contributed by atoms with Crippen LogP contribution in [0.1, 0.15) is 17.3 Å². The van der Waals surface area contributed by atoms with E-state index in [1.54, 1.807) is 30.3 Å². The summed E-state index contributed by atoms with van der Waals surface area (Å²) < 4.78 is 7.54. The lowest BCUT2D eigenvalue weighted by molar-refractivity contribution is -0.116. The number of benzene rings is 2. The smallest absolute Gasteiger partial charge is 0.259 e. The quantitative estimate of drug-likeness (QED) is 0.404. The first-order chi connectivity index (χ1) is 15.4. The van der Waals surface area contributed by atoms with E-state index in [0.717, 1.165) is 10.0 Å². The van der Waals surface area contributed by atoms with Crippen molar-refractivity contribution in [3.05, 3.63) is 87.3 Å². The number of hydrogen-bond acceptors (Lipinski definition) is 6. The molecule has 1 amide bonds. The van der Waals surface area contributed by atoms with E-state index in [1.807, 2.05) is 24.3 Å². The Balaban J connectivity index is 1.50. The molecule has 0 radical (unpaired) electrons. The van der Waals surface area contributed by atoms with E-state index < -0.39 is 0 Å². The van der Waals surface area contributed by atoms with E-state index in [0.29, 0.717) is 22.6 Å². The first-order valence-corrected chi connectivity index (χ1v) is 10.4. The number of carbonyl (C=O) groups excluding carboxylic acids is 2. The van der Waals surface area contributed by atoms with Crippen LogP contribution in [0.5, 0.6) is 0 Å². The minimum absolute atomic E-state index is 0.0597. The molecule has 0 aliphatic rings. The van der Waals surface area contributed by atoms with Crippen molar-refractivity contribution in [3.8, 4) is 22.8 Å². The molecule has 32 heavy (non-hydrogen) atoms. The van der Waals surface area contributed by atoms with Crippen molar-refractivity contribution in [2.24, 2.45) is 0 Å². The number of nitrogens with zero attached hydrogens (tertiary/aromatic N) is 3. The highest BCUT2D eigenvalue weighted by atomic mass is 79.9. The van der Waals surface area contributed by atoms with Gasteiger partial charge >= 0.3 is 0 Å². The summed E-state index contributed by atoms with van der Waals surface area (Å²) >= 11 is 3.38. The van der Waals surface area contributed by atoms with Gasteiger partial charge in [-0.25, -0.2) is 0 Å². The molecule has 0 fully saturated rings. The van der Waals surface area contributed by atoms with E-state index in [1.165, 1.54) is 23.8 Å². The first-order valence-electron chi connectivity index (χ1n) is 9.60. The predicted molar refractivity (Wildman–Crippen MR) is 122 cm³/mol. The maximum atomic E-state index is 12.4. The highest BCUT2D eigenvalue weighted by Gasteiger charge is 2.13. The summed E-state index contributed by atoms with van der Waals surface area (Å²) in [7, 11) is 0. The molecule has 0 saturated heterocycles. The molecule has 2 aromatic carbocycles. The van der Waals surface area contributed by atoms with Gasteiger partial charge in [0.1, 0.15) is 6.54 Å². The van der Waals surface area contributed by atoms with Gasteiger partial charge in [-0.3, -0.25) is 14.4 Å². The lowest BCUT2D eigenvalue weighted by Gasteiger charge is -2.08. The number of hydrogen-bond donors (Lipinski definition) is 1.